The summed E-state index contributed by atoms with van der Waals surface area (Å²) >= 11 is 0. The molecule has 2 heterocycles. The average molecular weight is 266 g/mol. The Hall–Kier alpha value is -2.36. The topological polar surface area (TPSA) is 35.6 Å². The molecule has 0 aliphatic rings. The number of aryl methyl sites for hydroxylation is 1. The van der Waals surface area contributed by atoms with Crippen molar-refractivity contribution in [1.82, 2.24) is 19.6 Å². The normalized spacial score (nSPS) is 11.7. The predicted octanol–water partition coefficient (Wildman–Crippen LogP) is 2.93. The molecule has 0 fully saturated rings. The minimum absolute atomic E-state index is 0.289. The Labute approximate surface area is 118 Å². The first-order valence-corrected chi connectivity index (χ1v) is 6.83. The summed E-state index contributed by atoms with van der Waals surface area (Å²) in [5.41, 5.74) is 1.04. The predicted molar refractivity (Wildman–Crippen MR) is 78.3 cm³/mol. The summed E-state index contributed by atoms with van der Waals surface area (Å²) < 4.78 is 3.95. The van der Waals surface area contributed by atoms with Crippen LogP contribution in [0, 0.1) is 0 Å². The van der Waals surface area contributed by atoms with Crippen LogP contribution in [0.5, 0.6) is 0 Å². The van der Waals surface area contributed by atoms with E-state index in [4.69, 9.17) is 0 Å². The van der Waals surface area contributed by atoms with Crippen molar-refractivity contribution in [1.29, 1.82) is 0 Å². The van der Waals surface area contributed by atoms with Crippen molar-refractivity contribution in [3.05, 3.63) is 72.8 Å². The van der Waals surface area contributed by atoms with E-state index < -0.39 is 0 Å². The SMILES string of the molecule is CC(CCc1ccccc1)(n1cccn1)n1cccn1. The van der Waals surface area contributed by atoms with Crippen LogP contribution in [0.25, 0.3) is 0 Å². The van der Waals surface area contributed by atoms with Crippen LogP contribution in [0.1, 0.15) is 18.9 Å². The van der Waals surface area contributed by atoms with Gasteiger partial charge in [0.2, 0.25) is 0 Å². The van der Waals surface area contributed by atoms with Crippen LogP contribution in [0.15, 0.2) is 67.3 Å². The van der Waals surface area contributed by atoms with Gasteiger partial charge < -0.3 is 0 Å². The molecule has 0 saturated carbocycles. The Balaban J connectivity index is 1.87. The molecule has 2 aromatic heterocycles. The zero-order valence-electron chi connectivity index (χ0n) is 11.6. The number of aromatic nitrogens is 4. The van der Waals surface area contributed by atoms with Gasteiger partial charge in [0, 0.05) is 24.8 Å². The Morgan fingerprint density at radius 3 is 2.00 bits per heavy atom. The molecule has 3 aromatic rings. The Morgan fingerprint density at radius 2 is 1.50 bits per heavy atom. The van der Waals surface area contributed by atoms with E-state index in [-0.39, 0.29) is 5.66 Å². The number of rotatable bonds is 5. The zero-order valence-corrected chi connectivity index (χ0v) is 11.6. The van der Waals surface area contributed by atoms with Gasteiger partial charge in [0.05, 0.1) is 0 Å². The molecule has 0 saturated heterocycles. The monoisotopic (exact) mass is 266 g/mol. The van der Waals surface area contributed by atoms with E-state index in [9.17, 15) is 0 Å². The van der Waals surface area contributed by atoms with Crippen LogP contribution in [0.2, 0.25) is 0 Å². The molecule has 4 nitrogen and oxygen atoms in total. The highest BCUT2D eigenvalue weighted by molar-refractivity contribution is 5.15. The molecule has 102 valence electrons. The van der Waals surface area contributed by atoms with Gasteiger partial charge in [-0.1, -0.05) is 30.3 Å². The van der Waals surface area contributed by atoms with Crippen molar-refractivity contribution >= 4 is 0 Å². The maximum Gasteiger partial charge on any atom is 0.151 e. The summed E-state index contributed by atoms with van der Waals surface area (Å²) in [6.45, 7) is 2.16. The first-order chi connectivity index (χ1) is 9.79. The van der Waals surface area contributed by atoms with Gasteiger partial charge >= 0.3 is 0 Å². The van der Waals surface area contributed by atoms with E-state index >= 15 is 0 Å². The molecule has 0 atom stereocenters. The minimum atomic E-state index is -0.289. The summed E-state index contributed by atoms with van der Waals surface area (Å²) in [4.78, 5) is 0. The first-order valence-electron chi connectivity index (χ1n) is 6.83. The molecule has 4 heteroatoms. The summed E-state index contributed by atoms with van der Waals surface area (Å²) in [7, 11) is 0. The number of hydrogen-bond donors (Lipinski definition) is 0. The second-order valence-electron chi connectivity index (χ2n) is 5.10. The lowest BCUT2D eigenvalue weighted by Crippen LogP contribution is -2.39. The highest BCUT2D eigenvalue weighted by Crippen LogP contribution is 2.23. The highest BCUT2D eigenvalue weighted by atomic mass is 15.5. The molecule has 0 radical (unpaired) electrons. The lowest BCUT2D eigenvalue weighted by atomic mass is 10.0. The summed E-state index contributed by atoms with van der Waals surface area (Å²) in [6.07, 6.45) is 9.52. The van der Waals surface area contributed by atoms with Gasteiger partial charge in [0.25, 0.3) is 0 Å². The van der Waals surface area contributed by atoms with E-state index in [0.717, 1.165) is 12.8 Å². The van der Waals surface area contributed by atoms with Crippen LogP contribution in [0.4, 0.5) is 0 Å². The van der Waals surface area contributed by atoms with Crippen molar-refractivity contribution in [3.8, 4) is 0 Å². The highest BCUT2D eigenvalue weighted by Gasteiger charge is 2.29. The lowest BCUT2D eigenvalue weighted by Gasteiger charge is -2.31. The quantitative estimate of drug-likeness (QED) is 0.712. The fourth-order valence-corrected chi connectivity index (χ4v) is 2.47. The van der Waals surface area contributed by atoms with Gasteiger partial charge in [-0.25, -0.2) is 9.36 Å². The van der Waals surface area contributed by atoms with E-state index in [1.54, 1.807) is 0 Å². The van der Waals surface area contributed by atoms with Gasteiger partial charge in [-0.05, 0) is 37.5 Å². The molecule has 3 rings (SSSR count). The average Bonchev–Trinajstić information content (AvgIpc) is 3.18. The molecule has 0 aliphatic carbocycles. The Morgan fingerprint density at radius 1 is 0.900 bits per heavy atom. The van der Waals surface area contributed by atoms with Crippen LogP contribution in [0.3, 0.4) is 0 Å². The van der Waals surface area contributed by atoms with Crippen molar-refractivity contribution in [2.45, 2.75) is 25.4 Å². The zero-order chi connectivity index (χ0) is 13.8. The fourth-order valence-electron chi connectivity index (χ4n) is 2.47. The third-order valence-electron chi connectivity index (χ3n) is 3.73. The van der Waals surface area contributed by atoms with Crippen LogP contribution in [-0.2, 0) is 12.1 Å². The minimum Gasteiger partial charge on any atom is -0.245 e. The molecule has 1 aromatic carbocycles. The largest absolute Gasteiger partial charge is 0.245 e. The molecule has 0 unspecified atom stereocenters. The maximum absolute atomic E-state index is 4.41. The fraction of sp³-hybridized carbons (Fsp3) is 0.250. The molecule has 0 N–H and O–H groups in total. The van der Waals surface area contributed by atoms with Gasteiger partial charge in [0.15, 0.2) is 5.66 Å². The van der Waals surface area contributed by atoms with Crippen LogP contribution < -0.4 is 0 Å². The summed E-state index contributed by atoms with van der Waals surface area (Å²) in [5, 5.41) is 8.82. The second-order valence-corrected chi connectivity index (χ2v) is 5.10. The van der Waals surface area contributed by atoms with Crippen LogP contribution in [-0.4, -0.2) is 19.6 Å². The number of nitrogens with zero attached hydrogens (tertiary/aromatic N) is 4. The van der Waals surface area contributed by atoms with Gasteiger partial charge in [-0.15, -0.1) is 0 Å². The molecular weight excluding hydrogens is 248 g/mol. The van der Waals surface area contributed by atoms with Crippen molar-refractivity contribution in [2.75, 3.05) is 0 Å². The van der Waals surface area contributed by atoms with Crippen molar-refractivity contribution < 1.29 is 0 Å². The van der Waals surface area contributed by atoms with E-state index in [1.807, 2.05) is 52.4 Å². The smallest absolute Gasteiger partial charge is 0.151 e. The van der Waals surface area contributed by atoms with Crippen molar-refractivity contribution in [2.24, 2.45) is 0 Å². The van der Waals surface area contributed by atoms with E-state index in [0.29, 0.717) is 0 Å². The van der Waals surface area contributed by atoms with Crippen molar-refractivity contribution in [3.63, 3.8) is 0 Å². The molecule has 0 spiro atoms. The van der Waals surface area contributed by atoms with E-state index in [2.05, 4.69) is 41.4 Å². The van der Waals surface area contributed by atoms with Gasteiger partial charge in [0.1, 0.15) is 0 Å². The maximum atomic E-state index is 4.41. The van der Waals surface area contributed by atoms with Crippen LogP contribution >= 0.6 is 0 Å². The van der Waals surface area contributed by atoms with Gasteiger partial charge in [-0.3, -0.25) is 0 Å². The van der Waals surface area contributed by atoms with E-state index in [1.165, 1.54) is 5.56 Å². The molecule has 0 aliphatic heterocycles. The Kier molecular flexibility index (Phi) is 3.37. The molecular formula is C16H18N4. The standard InChI is InChI=1S/C16H18N4/c1-16(19-13-5-11-17-19,20-14-6-12-18-20)10-9-15-7-3-2-4-8-15/h2-8,11-14H,9-10H2,1H3. The summed E-state index contributed by atoms with van der Waals surface area (Å²) in [5.74, 6) is 0. The molecule has 20 heavy (non-hydrogen) atoms. The second kappa shape index (κ2) is 5.33. The first kappa shape index (κ1) is 12.7. The third-order valence-corrected chi connectivity index (χ3v) is 3.73. The number of benzene rings is 1. The number of hydrogen-bond acceptors (Lipinski definition) is 2. The third kappa shape index (κ3) is 2.37. The van der Waals surface area contributed by atoms with Gasteiger partial charge in [-0.2, -0.15) is 10.2 Å². The molecule has 0 bridgehead atoms. The lowest BCUT2D eigenvalue weighted by molar-refractivity contribution is 0.190. The summed E-state index contributed by atoms with van der Waals surface area (Å²) in [6, 6.07) is 14.4. The Bertz CT molecular complexity index is 592. The molecule has 0 amide bonds.